The highest BCUT2D eigenvalue weighted by Crippen LogP contribution is 2.14. The fraction of sp³-hybridized carbons (Fsp3) is 0.375. The van der Waals surface area contributed by atoms with E-state index in [-0.39, 0.29) is 18.5 Å². The van der Waals surface area contributed by atoms with Crippen molar-refractivity contribution >= 4 is 34.2 Å². The third kappa shape index (κ3) is 4.66. The number of carbonyl (C=O) groups is 2. The summed E-state index contributed by atoms with van der Waals surface area (Å²) in [7, 11) is 0. The van der Waals surface area contributed by atoms with Crippen LogP contribution in [0.3, 0.4) is 0 Å². The van der Waals surface area contributed by atoms with Crippen LogP contribution < -0.4 is 15.5 Å². The Bertz CT molecular complexity index is 727. The van der Waals surface area contributed by atoms with Gasteiger partial charge in [0.15, 0.2) is 5.13 Å². The quantitative estimate of drug-likeness (QED) is 0.858. The number of aryl methyl sites for hydroxylation is 1. The number of nitrogens with one attached hydrogen (secondary N) is 2. The number of aromatic nitrogens is 2. The summed E-state index contributed by atoms with van der Waals surface area (Å²) in [5, 5.41) is 7.72. The first-order chi connectivity index (χ1) is 12.1. The molecule has 1 fully saturated rings. The number of hydrogen-bond donors (Lipinski definition) is 2. The van der Waals surface area contributed by atoms with Crippen molar-refractivity contribution in [3.05, 3.63) is 35.5 Å². The van der Waals surface area contributed by atoms with E-state index >= 15 is 0 Å². The second-order valence-electron chi connectivity index (χ2n) is 5.66. The molecule has 1 aliphatic heterocycles. The monoisotopic (exact) mass is 360 g/mol. The largest absolute Gasteiger partial charge is 0.353 e. The van der Waals surface area contributed by atoms with E-state index in [4.69, 9.17) is 0 Å². The van der Waals surface area contributed by atoms with Crippen molar-refractivity contribution in [1.82, 2.24) is 20.2 Å². The van der Waals surface area contributed by atoms with Crippen LogP contribution in [0.15, 0.2) is 29.8 Å². The molecule has 0 atom stereocenters. The molecule has 9 heteroatoms. The minimum absolute atomic E-state index is 0.0715. The number of carbonyl (C=O) groups excluding carboxylic acids is 2. The molecule has 3 amide bonds. The molecule has 132 valence electrons. The zero-order valence-electron chi connectivity index (χ0n) is 13.9. The first kappa shape index (κ1) is 17.2. The van der Waals surface area contributed by atoms with Crippen LogP contribution >= 0.6 is 11.3 Å². The molecule has 0 saturated carbocycles. The first-order valence-electron chi connectivity index (χ1n) is 8.02. The molecule has 2 aromatic heterocycles. The number of hydrogen-bond acceptors (Lipinski definition) is 6. The molecule has 1 saturated heterocycles. The van der Waals surface area contributed by atoms with Crippen LogP contribution in [0.5, 0.6) is 0 Å². The molecule has 2 N–H and O–H groups in total. The van der Waals surface area contributed by atoms with E-state index in [2.05, 4.69) is 25.5 Å². The average Bonchev–Trinajstić information content (AvgIpc) is 3.05. The molecule has 0 spiro atoms. The molecular weight excluding hydrogens is 340 g/mol. The van der Waals surface area contributed by atoms with Gasteiger partial charge in [-0.1, -0.05) is 6.07 Å². The number of thiazole rings is 1. The fourth-order valence-corrected chi connectivity index (χ4v) is 3.23. The van der Waals surface area contributed by atoms with E-state index in [1.54, 1.807) is 11.1 Å². The summed E-state index contributed by atoms with van der Waals surface area (Å²) in [4.78, 5) is 36.4. The minimum Gasteiger partial charge on any atom is -0.353 e. The maximum absolute atomic E-state index is 12.2. The van der Waals surface area contributed by atoms with Gasteiger partial charge in [-0.15, -0.1) is 11.3 Å². The van der Waals surface area contributed by atoms with Gasteiger partial charge in [-0.05, 0) is 19.1 Å². The Morgan fingerprint density at radius 1 is 1.24 bits per heavy atom. The molecule has 2 aromatic rings. The summed E-state index contributed by atoms with van der Waals surface area (Å²) >= 11 is 1.36. The SMILES string of the molecule is Cc1csc(NC(=O)CNC(=O)N2CCN(c3ccccn3)CC2)n1. The van der Waals surface area contributed by atoms with Gasteiger partial charge >= 0.3 is 6.03 Å². The zero-order valence-corrected chi connectivity index (χ0v) is 14.8. The van der Waals surface area contributed by atoms with Crippen LogP contribution in [-0.4, -0.2) is 59.5 Å². The Morgan fingerprint density at radius 3 is 2.68 bits per heavy atom. The van der Waals surface area contributed by atoms with Crippen LogP contribution in [0.4, 0.5) is 15.7 Å². The lowest BCUT2D eigenvalue weighted by Crippen LogP contribution is -2.52. The molecular formula is C16H20N6O2S. The van der Waals surface area contributed by atoms with E-state index in [1.807, 2.05) is 30.5 Å². The van der Waals surface area contributed by atoms with E-state index < -0.39 is 0 Å². The van der Waals surface area contributed by atoms with E-state index in [0.717, 1.165) is 24.6 Å². The van der Waals surface area contributed by atoms with Gasteiger partial charge in [-0.2, -0.15) is 0 Å². The van der Waals surface area contributed by atoms with Crippen molar-refractivity contribution in [2.75, 3.05) is 42.9 Å². The van der Waals surface area contributed by atoms with Crippen LogP contribution in [-0.2, 0) is 4.79 Å². The van der Waals surface area contributed by atoms with Gasteiger partial charge in [-0.25, -0.2) is 14.8 Å². The Kier molecular flexibility index (Phi) is 5.44. The number of nitrogens with zero attached hydrogens (tertiary/aromatic N) is 4. The smallest absolute Gasteiger partial charge is 0.317 e. The third-order valence-corrected chi connectivity index (χ3v) is 4.68. The summed E-state index contributed by atoms with van der Waals surface area (Å²) < 4.78 is 0. The molecule has 25 heavy (non-hydrogen) atoms. The van der Waals surface area contributed by atoms with Crippen LogP contribution in [0.25, 0.3) is 0 Å². The number of rotatable bonds is 4. The maximum Gasteiger partial charge on any atom is 0.317 e. The van der Waals surface area contributed by atoms with Crippen molar-refractivity contribution in [3.63, 3.8) is 0 Å². The van der Waals surface area contributed by atoms with Gasteiger partial charge in [0, 0.05) is 37.8 Å². The molecule has 8 nitrogen and oxygen atoms in total. The van der Waals surface area contributed by atoms with Crippen molar-refractivity contribution < 1.29 is 9.59 Å². The average molecular weight is 360 g/mol. The standard InChI is InChI=1S/C16H20N6O2S/c1-12-11-25-15(19-12)20-14(23)10-18-16(24)22-8-6-21(7-9-22)13-4-2-3-5-17-13/h2-5,11H,6-10H2,1H3,(H,18,24)(H,19,20,23). The summed E-state index contributed by atoms with van der Waals surface area (Å²) in [5.74, 6) is 0.635. The van der Waals surface area contributed by atoms with Gasteiger partial charge in [-0.3, -0.25) is 4.79 Å². The molecule has 3 rings (SSSR count). The predicted octanol–water partition coefficient (Wildman–Crippen LogP) is 1.32. The van der Waals surface area contributed by atoms with Crippen LogP contribution in [0.2, 0.25) is 0 Å². The van der Waals surface area contributed by atoms with Crippen molar-refractivity contribution in [2.24, 2.45) is 0 Å². The van der Waals surface area contributed by atoms with Gasteiger partial charge in [0.2, 0.25) is 5.91 Å². The molecule has 0 aliphatic carbocycles. The molecule has 0 aromatic carbocycles. The summed E-state index contributed by atoms with van der Waals surface area (Å²) in [6.45, 7) is 4.41. The number of anilines is 2. The number of amides is 3. The van der Waals surface area contributed by atoms with E-state index in [1.165, 1.54) is 11.3 Å². The lowest BCUT2D eigenvalue weighted by molar-refractivity contribution is -0.115. The van der Waals surface area contributed by atoms with Crippen molar-refractivity contribution in [3.8, 4) is 0 Å². The minimum atomic E-state index is -0.283. The topological polar surface area (TPSA) is 90.5 Å². The molecule has 3 heterocycles. The van der Waals surface area contributed by atoms with Gasteiger partial charge < -0.3 is 20.4 Å². The summed E-state index contributed by atoms with van der Waals surface area (Å²) in [6.07, 6.45) is 1.76. The molecule has 0 bridgehead atoms. The highest BCUT2D eigenvalue weighted by atomic mass is 32.1. The lowest BCUT2D eigenvalue weighted by Gasteiger charge is -2.35. The highest BCUT2D eigenvalue weighted by molar-refractivity contribution is 7.13. The summed E-state index contributed by atoms with van der Waals surface area (Å²) in [6, 6.07) is 5.56. The Balaban J connectivity index is 1.41. The first-order valence-corrected chi connectivity index (χ1v) is 8.90. The Morgan fingerprint density at radius 2 is 2.04 bits per heavy atom. The second-order valence-corrected chi connectivity index (χ2v) is 6.52. The van der Waals surface area contributed by atoms with Crippen LogP contribution in [0.1, 0.15) is 5.69 Å². The number of piperazine rings is 1. The van der Waals surface area contributed by atoms with Gasteiger partial charge in [0.1, 0.15) is 5.82 Å². The molecule has 1 aliphatic rings. The lowest BCUT2D eigenvalue weighted by atomic mass is 10.3. The third-order valence-electron chi connectivity index (χ3n) is 3.81. The number of pyridine rings is 1. The zero-order chi connectivity index (χ0) is 17.6. The Hall–Kier alpha value is -2.68. The van der Waals surface area contributed by atoms with Gasteiger partial charge in [0.05, 0.1) is 12.2 Å². The second kappa shape index (κ2) is 7.93. The van der Waals surface area contributed by atoms with E-state index in [0.29, 0.717) is 18.2 Å². The maximum atomic E-state index is 12.2. The highest BCUT2D eigenvalue weighted by Gasteiger charge is 2.22. The van der Waals surface area contributed by atoms with Gasteiger partial charge in [0.25, 0.3) is 0 Å². The predicted molar refractivity (Wildman–Crippen MR) is 96.9 cm³/mol. The van der Waals surface area contributed by atoms with Crippen LogP contribution in [0, 0.1) is 6.92 Å². The Labute approximate surface area is 149 Å². The van der Waals surface area contributed by atoms with E-state index in [9.17, 15) is 9.59 Å². The summed E-state index contributed by atoms with van der Waals surface area (Å²) in [5.41, 5.74) is 0.857. The molecule has 0 radical (unpaired) electrons. The van der Waals surface area contributed by atoms with Crippen molar-refractivity contribution in [1.29, 1.82) is 0 Å². The fourth-order valence-electron chi connectivity index (χ4n) is 2.52. The normalized spacial score (nSPS) is 14.3. The van der Waals surface area contributed by atoms with Crippen molar-refractivity contribution in [2.45, 2.75) is 6.92 Å². The molecule has 0 unspecified atom stereocenters. The number of urea groups is 1.